The lowest BCUT2D eigenvalue weighted by atomic mass is 9.75. The maximum Gasteiger partial charge on any atom is 0.161 e. The molecular weight excluding hydrogens is 1790 g/mol. The maximum absolute atomic E-state index is 11.3. The minimum atomic E-state index is -3.64. The lowest BCUT2D eigenvalue weighted by Gasteiger charge is -2.47. The number of piperidine rings is 6. The van der Waals surface area contributed by atoms with Gasteiger partial charge in [-0.2, -0.15) is 0 Å². The average Bonchev–Trinajstić information content (AvgIpc) is 0.645. The molecule has 0 bridgehead atoms. The lowest BCUT2D eigenvalue weighted by molar-refractivity contribution is -0.0259. The average molecular weight is 2070 g/mol. The van der Waals surface area contributed by atoms with Gasteiger partial charge in [-0.3, -0.25) is 29.4 Å². The summed E-state index contributed by atoms with van der Waals surface area (Å²) in [6.07, 6.45) is -54.6. The molecule has 18 unspecified atom stereocenters. The minimum absolute atomic E-state index is 0.0406. The maximum atomic E-state index is 11.3. The van der Waals surface area contributed by atoms with Gasteiger partial charge < -0.3 is 87.5 Å². The van der Waals surface area contributed by atoms with Crippen LogP contribution in [0.4, 0.5) is 0 Å². The summed E-state index contributed by atoms with van der Waals surface area (Å²) in [7, 11) is 0.338. The minimum Gasteiger partial charge on any atom is -0.493 e. The Morgan fingerprint density at radius 2 is 0.500 bits per heavy atom. The van der Waals surface area contributed by atoms with Crippen LogP contribution in [0.15, 0.2) is 72.5 Å². The molecule has 24 nitrogen and oxygen atoms in total. The highest BCUT2D eigenvalue weighted by molar-refractivity contribution is 5.55. The number of methoxy groups -OCH3 is 12. The number of hydrogen-bond acceptors (Lipinski definition) is 24. The fourth-order valence-corrected chi connectivity index (χ4v) is 16.8. The summed E-state index contributed by atoms with van der Waals surface area (Å²) < 4.78 is 840. The summed E-state index contributed by atoms with van der Waals surface area (Å²) in [4.78, 5) is 1.75. The summed E-state index contributed by atoms with van der Waals surface area (Å²) in [6.45, 7) is -59.6. The number of benzene rings is 6. The number of hydrogen-bond donors (Lipinski definition) is 6. The van der Waals surface area contributed by atoms with Gasteiger partial charge >= 0.3 is 0 Å². The van der Waals surface area contributed by atoms with E-state index in [1.54, 1.807) is 13.8 Å². The van der Waals surface area contributed by atoms with Gasteiger partial charge in [0.2, 0.25) is 0 Å². The van der Waals surface area contributed by atoms with Crippen LogP contribution in [0.5, 0.6) is 69.0 Å². The molecule has 18 rings (SSSR count). The molecule has 12 heterocycles. The fraction of sp³-hybridized carbons (Fsp3) is 0.695. The van der Waals surface area contributed by atoms with Gasteiger partial charge in [-0.25, -0.2) is 0 Å². The number of nitrogens with zero attached hydrogens (tertiary/aromatic N) is 6. The molecule has 0 spiro atoms. The number of aliphatic hydroxyl groups is 6. The van der Waals surface area contributed by atoms with E-state index in [9.17, 15) is 30.6 Å². The second kappa shape index (κ2) is 48.2. The molecule has 6 aromatic rings. The van der Waals surface area contributed by atoms with Crippen molar-refractivity contribution in [3.8, 4) is 69.0 Å². The molecule has 6 saturated heterocycles. The Bertz CT molecular complexity index is 9220. The SMILES string of the molecule is [2H]c1c(OC([2H])([2H])[2H])c(OC)c([2H])c2c1C1CC(O)C(C([2H])([2H])C(C)(C([2H])([2H])[2H])C([2H])([2H])[2H])C([2H])([2H])N1C([2H])([2H])C2([2H])[2H].[2H]c1c(OC([2H])([2H])[2H])c(OC)c([2H])c2c1C1CC(O)C(C([2H])([2H])C(C)(C([2H])([2H])[2H])C([2H])([2H])[2H])C([2H])([2H])N1C([2H])([2H])C2([2H])[2H].[2H]c1c(OC([2H])([2H])[2H])c(OC)c([2H])c2c1C1CC(O)C(CC(C)C)C([2H])([2H])N1C([2H])([2H])C2([2H])[2H].[2H]c1c(OC)c(OC)c([2H])c2c1C1CC(O)C(C([2H])([2H])C(C)(C([2H])([2H])[2H])C([2H])([2H])[2H])C([2H])([2H])N1C([2H])([2H])C2([2H])[2H].[2H]c1c(OC)c(OC)c([2H])c2c1C1CC(O)C(C([2H])([2H])C(C)(C([2H])([2H])[2H])C([2H])([2H])[2H])C([2H])([2H])N1C([2H])([2H])C2([2H])[2H].[2H]c1c(OC)c(OC)c([2H])c2c1C1N(C([2H])([2H])C2([2H])[2H])C([2H])([2H])C([2H])(CC(C)C)C([2H])(O)C1([2H])[2H]. The number of rotatable bonds is 20. The quantitative estimate of drug-likeness (QED) is 0.0415. The van der Waals surface area contributed by atoms with Crippen LogP contribution >= 0.6 is 0 Å². The zero-order chi connectivity index (χ0) is 184. The van der Waals surface area contributed by atoms with E-state index in [2.05, 4.69) is 0 Å². The topological polar surface area (TPSA) is 252 Å². The van der Waals surface area contributed by atoms with Gasteiger partial charge in [0.1, 0.15) is 0 Å². The van der Waals surface area contributed by atoms with Crippen LogP contribution < -0.4 is 56.8 Å². The van der Waals surface area contributed by atoms with Crippen molar-refractivity contribution in [2.45, 2.75) is 298 Å². The molecule has 0 aromatic heterocycles. The van der Waals surface area contributed by atoms with Gasteiger partial charge in [0.05, 0.1) is 152 Å². The zero-order valence-electron chi connectivity index (χ0n) is 174. The van der Waals surface area contributed by atoms with E-state index < -0.39 is 572 Å². The standard InChI is InChI=1S/4C20H31NO3.2C19H29NO3/c4*1-20(2,3)11-14-12-21-7-6-13-8-18(23-4)19(24-5)9-15(13)16(21)10-17(14)22;2*1-12(2)7-14-11-20-6-5-13-8-18(22-3)19(23-4)9-15(13)16(20)10-17(14)21/h4*8-9,14,16-17,22H,6-7,10-12H2,1-5H3;2*8-9,12,14,16-17,21H,5-7,10-11H2,1-4H3/i2*1D3,2D3,5D3,6D2,7D2,8D,9D,11D2,12D2;2*1D3,2D3,6D2,7D2,8D,9D,11D2,12D2;5D2,6D2,8D,9D,10D2,11D2,14D,17D;4D3,5D2,6D2,8D,9D,11D2. The third kappa shape index (κ3) is 27.1. The van der Waals surface area contributed by atoms with E-state index in [1.807, 2.05) is 13.8 Å². The molecule has 24 heteroatoms. The third-order valence-electron chi connectivity index (χ3n) is 23.2. The van der Waals surface area contributed by atoms with Crippen LogP contribution in [0.2, 0.25) is 0 Å². The highest BCUT2D eigenvalue weighted by Gasteiger charge is 2.48. The second-order valence-electron chi connectivity index (χ2n) is 35.5. The van der Waals surface area contributed by atoms with Crippen molar-refractivity contribution >= 4 is 0 Å². The number of aliphatic hydroxyl groups excluding tert-OH is 5. The highest BCUT2D eigenvalue weighted by atomic mass is 16.5. The van der Waals surface area contributed by atoms with Gasteiger partial charge in [-0.1, -0.05) is 110 Å². The fourth-order valence-electron chi connectivity index (χ4n) is 16.8. The first-order valence-corrected chi connectivity index (χ1v) is 44.5. The molecule has 0 radical (unpaired) electrons. The molecule has 12 aliphatic rings. The predicted molar refractivity (Wildman–Crippen MR) is 565 cm³/mol. The van der Waals surface area contributed by atoms with Crippen LogP contribution in [-0.2, 0) is 38.2 Å². The Morgan fingerprint density at radius 3 is 0.711 bits per heavy atom. The van der Waals surface area contributed by atoms with E-state index in [0.717, 1.165) is 64.0 Å². The molecule has 18 atom stereocenters. The Labute approximate surface area is 983 Å². The molecule has 0 aliphatic carbocycles. The van der Waals surface area contributed by atoms with Gasteiger partial charge in [0.15, 0.2) is 69.0 Å². The van der Waals surface area contributed by atoms with Crippen LogP contribution in [0, 0.1) is 69.0 Å². The molecule has 6 fully saturated rings. The molecule has 6 aromatic carbocycles. The Morgan fingerprint density at radius 1 is 0.303 bits per heavy atom. The summed E-state index contributed by atoms with van der Waals surface area (Å²) in [5, 5.41) is 67.1. The van der Waals surface area contributed by atoms with Crippen LogP contribution in [-0.4, -0.2) is 260 Å². The first kappa shape index (κ1) is 41.8. The second-order valence-corrected chi connectivity index (χ2v) is 35.5. The predicted octanol–water partition coefficient (Wildman–Crippen LogP) is 19.7. The van der Waals surface area contributed by atoms with Crippen molar-refractivity contribution in [3.63, 3.8) is 0 Å². The molecule has 142 heavy (non-hydrogen) atoms. The summed E-state index contributed by atoms with van der Waals surface area (Å²) >= 11 is 0. The van der Waals surface area contributed by atoms with Gasteiger partial charge in [-0.05, 0) is 323 Å². The number of ether oxygens (including phenoxy) is 12. The van der Waals surface area contributed by atoms with Gasteiger partial charge in [0, 0.05) is 212 Å². The third-order valence-corrected chi connectivity index (χ3v) is 23.2. The first-order chi connectivity index (χ1) is 104. The highest BCUT2D eigenvalue weighted by Crippen LogP contribution is 2.53. The largest absolute Gasteiger partial charge is 0.493 e. The van der Waals surface area contributed by atoms with Crippen LogP contribution in [0.1, 0.15) is 418 Å². The first-order valence-electron chi connectivity index (χ1n) is 91.0. The van der Waals surface area contributed by atoms with E-state index in [-0.39, 0.29) is 71.8 Å². The summed E-state index contributed by atoms with van der Waals surface area (Å²) in [6, 6.07) is -19.8. The summed E-state index contributed by atoms with van der Waals surface area (Å²) in [5.74, 6) is -21.5. The lowest BCUT2D eigenvalue weighted by Crippen LogP contribution is -2.48. The molecule has 0 amide bonds. The van der Waals surface area contributed by atoms with Crippen molar-refractivity contribution in [3.05, 3.63) is 139 Å². The molecule has 12 aliphatic heterocycles. The van der Waals surface area contributed by atoms with Crippen molar-refractivity contribution in [2.24, 2.45) is 69.0 Å². The van der Waals surface area contributed by atoms with Crippen molar-refractivity contribution < 1.29 is 215 Å². The van der Waals surface area contributed by atoms with Gasteiger partial charge in [-0.15, -0.1) is 0 Å². The van der Waals surface area contributed by atoms with Crippen molar-refractivity contribution in [1.82, 2.24) is 29.4 Å². The Hall–Kier alpha value is -7.56. The van der Waals surface area contributed by atoms with Crippen molar-refractivity contribution in [2.75, 3.05) is 163 Å². The molecular formula is C118H182N6O18. The Balaban J connectivity index is 0.000000223. The van der Waals surface area contributed by atoms with Crippen molar-refractivity contribution in [1.29, 1.82) is 0 Å². The van der Waals surface area contributed by atoms with Crippen LogP contribution in [0.3, 0.4) is 0 Å². The Kier molecular flexibility index (Phi) is 14.2. The van der Waals surface area contributed by atoms with E-state index in [4.69, 9.17) is 184 Å². The van der Waals surface area contributed by atoms with E-state index in [0.29, 0.717) is 32.6 Å². The summed E-state index contributed by atoms with van der Waals surface area (Å²) in [5.41, 5.74) is -20.5. The van der Waals surface area contributed by atoms with Gasteiger partial charge in [0.25, 0.3) is 0 Å². The van der Waals surface area contributed by atoms with E-state index in [1.165, 1.54) is 0 Å². The molecule has 0 saturated carbocycles. The van der Waals surface area contributed by atoms with E-state index >= 15 is 0 Å². The zero-order valence-corrected chi connectivity index (χ0v) is 80.6. The number of fused-ring (bicyclic) bond motifs is 18. The smallest absolute Gasteiger partial charge is 0.161 e. The monoisotopic (exact) mass is 2060 g/mol. The van der Waals surface area contributed by atoms with Crippen LogP contribution in [0.25, 0.3) is 0 Å². The normalized spacial score (nSPS) is 46.2. The molecule has 792 valence electrons. The molecule has 6 N–H and O–H groups in total.